The molecule has 0 saturated carbocycles. The van der Waals surface area contributed by atoms with Gasteiger partial charge < -0.3 is 14.2 Å². The van der Waals surface area contributed by atoms with Crippen molar-refractivity contribution in [2.45, 2.75) is 207 Å². The van der Waals surface area contributed by atoms with Gasteiger partial charge in [-0.15, -0.1) is 0 Å². The van der Waals surface area contributed by atoms with Crippen molar-refractivity contribution in [2.24, 2.45) is 0 Å². The van der Waals surface area contributed by atoms with Crippen LogP contribution in [0.15, 0.2) is 207 Å². The molecule has 0 aliphatic carbocycles. The Labute approximate surface area is 470 Å². The van der Waals surface area contributed by atoms with Crippen LogP contribution in [0.3, 0.4) is 0 Å². The molecule has 0 bridgehead atoms. The van der Waals surface area contributed by atoms with Gasteiger partial charge in [-0.1, -0.05) is 240 Å². The summed E-state index contributed by atoms with van der Waals surface area (Å²) in [5.41, 5.74) is 0. The van der Waals surface area contributed by atoms with E-state index in [1.54, 1.807) is 6.08 Å². The zero-order valence-corrected chi connectivity index (χ0v) is 48.4. The second-order valence-electron chi connectivity index (χ2n) is 18.4. The van der Waals surface area contributed by atoms with E-state index in [0.717, 1.165) is 148 Å². The number of hydrogen-bond donors (Lipinski definition) is 0. The van der Waals surface area contributed by atoms with Gasteiger partial charge in [0.1, 0.15) is 13.2 Å². The number of rotatable bonds is 50. The lowest BCUT2D eigenvalue weighted by atomic mass is 10.1. The van der Waals surface area contributed by atoms with Gasteiger partial charge in [-0.25, -0.2) is 0 Å². The summed E-state index contributed by atoms with van der Waals surface area (Å²) in [6, 6.07) is 0. The van der Waals surface area contributed by atoms with E-state index >= 15 is 0 Å². The molecular formula is C71H104O6. The fourth-order valence-corrected chi connectivity index (χ4v) is 6.99. The lowest BCUT2D eigenvalue weighted by Gasteiger charge is -2.18. The van der Waals surface area contributed by atoms with Crippen LogP contribution in [0.5, 0.6) is 0 Å². The van der Waals surface area contributed by atoms with Crippen molar-refractivity contribution in [3.05, 3.63) is 207 Å². The first kappa shape index (κ1) is 71.0. The van der Waals surface area contributed by atoms with Crippen LogP contribution in [0.4, 0.5) is 0 Å². The highest BCUT2D eigenvalue weighted by Gasteiger charge is 2.19. The first-order chi connectivity index (χ1) is 38.0. The van der Waals surface area contributed by atoms with Crippen molar-refractivity contribution in [1.29, 1.82) is 0 Å². The van der Waals surface area contributed by atoms with Crippen molar-refractivity contribution >= 4 is 17.9 Å². The van der Waals surface area contributed by atoms with E-state index in [1.807, 2.05) is 6.08 Å². The maximum atomic E-state index is 12.9. The molecular weight excluding hydrogens is 949 g/mol. The SMILES string of the molecule is CC/C=C\C/C=C\C/C=C\C/C=C\C/C=C\C/C=C\CCCCCCC(=O)OCC(COC(=O)C/C=C\C/C=C\C/C=C\C/C=C\C/C=C\CC)OC(=O)CCCC/C=C\C/C=C\C/C=C\C/C=C\C/C=C\C/C=C\CC. The highest BCUT2D eigenvalue weighted by atomic mass is 16.6. The zero-order chi connectivity index (χ0) is 55.7. The van der Waals surface area contributed by atoms with E-state index in [-0.39, 0.29) is 32.0 Å². The van der Waals surface area contributed by atoms with Crippen molar-refractivity contribution in [2.75, 3.05) is 13.2 Å². The molecule has 0 aliphatic rings. The summed E-state index contributed by atoms with van der Waals surface area (Å²) < 4.78 is 16.7. The van der Waals surface area contributed by atoms with Gasteiger partial charge in [0.2, 0.25) is 0 Å². The van der Waals surface area contributed by atoms with Gasteiger partial charge in [-0.3, -0.25) is 14.4 Å². The van der Waals surface area contributed by atoms with Crippen LogP contribution < -0.4 is 0 Å². The third kappa shape index (κ3) is 60.7. The maximum absolute atomic E-state index is 12.9. The van der Waals surface area contributed by atoms with E-state index in [0.29, 0.717) is 19.3 Å². The molecule has 0 aromatic heterocycles. The van der Waals surface area contributed by atoms with E-state index in [9.17, 15) is 14.4 Å². The van der Waals surface area contributed by atoms with Crippen LogP contribution in [0, 0.1) is 0 Å². The predicted molar refractivity (Wildman–Crippen MR) is 333 cm³/mol. The minimum atomic E-state index is -0.867. The highest BCUT2D eigenvalue weighted by Crippen LogP contribution is 2.10. The third-order valence-electron chi connectivity index (χ3n) is 11.3. The minimum absolute atomic E-state index is 0.0999. The quantitative estimate of drug-likeness (QED) is 0.0261. The summed E-state index contributed by atoms with van der Waals surface area (Å²) >= 11 is 0. The fraction of sp³-hybridized carbons (Fsp3) is 0.479. The van der Waals surface area contributed by atoms with Crippen LogP contribution in [0.25, 0.3) is 0 Å². The van der Waals surface area contributed by atoms with E-state index < -0.39 is 18.0 Å². The molecule has 6 nitrogen and oxygen atoms in total. The van der Waals surface area contributed by atoms with Gasteiger partial charge in [0.15, 0.2) is 6.10 Å². The molecule has 0 aromatic carbocycles. The molecule has 424 valence electrons. The molecule has 0 saturated heterocycles. The number of esters is 3. The molecule has 0 amide bonds. The first-order valence-electron chi connectivity index (χ1n) is 29.6. The lowest BCUT2D eigenvalue weighted by molar-refractivity contribution is -0.166. The second-order valence-corrected chi connectivity index (χ2v) is 18.4. The Morgan fingerprint density at radius 3 is 0.857 bits per heavy atom. The van der Waals surface area contributed by atoms with Gasteiger partial charge >= 0.3 is 17.9 Å². The average Bonchev–Trinajstić information content (AvgIpc) is 3.43. The summed E-state index contributed by atoms with van der Waals surface area (Å²) in [6.07, 6.45) is 97.0. The first-order valence-corrected chi connectivity index (χ1v) is 29.6. The average molecular weight is 1050 g/mol. The van der Waals surface area contributed by atoms with E-state index in [2.05, 4.69) is 215 Å². The number of ether oxygens (including phenoxy) is 3. The van der Waals surface area contributed by atoms with Crippen LogP contribution >= 0.6 is 0 Å². The topological polar surface area (TPSA) is 78.9 Å². The maximum Gasteiger partial charge on any atom is 0.309 e. The fourth-order valence-electron chi connectivity index (χ4n) is 6.99. The summed E-state index contributed by atoms with van der Waals surface area (Å²) in [4.78, 5) is 38.2. The van der Waals surface area contributed by atoms with E-state index in [1.165, 1.54) is 0 Å². The van der Waals surface area contributed by atoms with Crippen molar-refractivity contribution in [1.82, 2.24) is 0 Å². The third-order valence-corrected chi connectivity index (χ3v) is 11.3. The molecule has 0 aromatic rings. The predicted octanol–water partition coefficient (Wildman–Crippen LogP) is 20.4. The van der Waals surface area contributed by atoms with Gasteiger partial charge in [0.05, 0.1) is 6.42 Å². The summed E-state index contributed by atoms with van der Waals surface area (Å²) in [5.74, 6) is -1.17. The summed E-state index contributed by atoms with van der Waals surface area (Å²) in [6.45, 7) is 6.12. The standard InChI is InChI=1S/C71H104O6/c1-4-7-10-13-16-19-22-25-28-30-32-34-35-37-38-40-43-46-49-52-55-58-61-64-70(73)76-67-68(66-75-69(72)63-60-57-54-51-48-45-42-27-24-21-18-15-12-9-6-3)77-71(74)65-62-59-56-53-50-47-44-41-39-36-33-31-29-26-23-20-17-14-11-8-5-2/h7-12,16-21,25-29,32-34,36-38,41-44,46,48,50-51,53,57,60,68H,4-6,13-15,22-24,30-31,35,39-40,45,47,49,52,54-56,58-59,61-67H2,1-3H3/b10-7-,11-8-,12-9-,19-16-,20-17-,21-18-,28-25-,29-26-,34-32-,36-33-,38-37-,42-27-,44-41-,46-43-,51-48-,53-50-,60-57-. The van der Waals surface area contributed by atoms with Crippen molar-refractivity contribution < 1.29 is 28.6 Å². The zero-order valence-electron chi connectivity index (χ0n) is 48.4. The number of carbonyl (C=O) groups is 3. The molecule has 77 heavy (non-hydrogen) atoms. The van der Waals surface area contributed by atoms with Crippen molar-refractivity contribution in [3.8, 4) is 0 Å². The largest absolute Gasteiger partial charge is 0.462 e. The second kappa shape index (κ2) is 62.5. The molecule has 1 atom stereocenters. The minimum Gasteiger partial charge on any atom is -0.462 e. The Morgan fingerprint density at radius 2 is 0.519 bits per heavy atom. The van der Waals surface area contributed by atoms with Crippen LogP contribution in [-0.4, -0.2) is 37.2 Å². The molecule has 0 rings (SSSR count). The molecule has 0 aliphatic heterocycles. The highest BCUT2D eigenvalue weighted by molar-refractivity contribution is 5.72. The summed E-state index contributed by atoms with van der Waals surface area (Å²) in [5, 5.41) is 0. The van der Waals surface area contributed by atoms with Gasteiger partial charge in [0.25, 0.3) is 0 Å². The molecule has 6 heteroatoms. The Hall–Kier alpha value is -6.01. The van der Waals surface area contributed by atoms with Crippen LogP contribution in [0.2, 0.25) is 0 Å². The number of carbonyl (C=O) groups excluding carboxylic acids is 3. The molecule has 0 radical (unpaired) electrons. The van der Waals surface area contributed by atoms with Crippen molar-refractivity contribution in [3.63, 3.8) is 0 Å². The Balaban J connectivity index is 4.65. The lowest BCUT2D eigenvalue weighted by Crippen LogP contribution is -2.30. The smallest absolute Gasteiger partial charge is 0.309 e. The molecule has 0 spiro atoms. The van der Waals surface area contributed by atoms with Gasteiger partial charge in [0, 0.05) is 12.8 Å². The number of unbranched alkanes of at least 4 members (excludes halogenated alkanes) is 6. The monoisotopic (exact) mass is 1050 g/mol. The Kier molecular flexibility index (Phi) is 57.6. The van der Waals surface area contributed by atoms with Gasteiger partial charge in [-0.2, -0.15) is 0 Å². The molecule has 0 heterocycles. The Morgan fingerprint density at radius 1 is 0.273 bits per heavy atom. The number of hydrogen-bond acceptors (Lipinski definition) is 6. The van der Waals surface area contributed by atoms with Crippen LogP contribution in [0.1, 0.15) is 201 Å². The summed E-state index contributed by atoms with van der Waals surface area (Å²) in [7, 11) is 0. The molecule has 0 fully saturated rings. The van der Waals surface area contributed by atoms with Gasteiger partial charge in [-0.05, 0) is 148 Å². The molecule has 0 N–H and O–H groups in total. The molecule has 1 unspecified atom stereocenters. The Bertz CT molecular complexity index is 1930. The van der Waals surface area contributed by atoms with E-state index in [4.69, 9.17) is 14.2 Å². The van der Waals surface area contributed by atoms with Crippen LogP contribution in [-0.2, 0) is 28.6 Å². The number of allylic oxidation sites excluding steroid dienone is 33. The normalized spacial score (nSPS) is 13.6.